The highest BCUT2D eigenvalue weighted by molar-refractivity contribution is 6.44. The average Bonchev–Trinajstić information content (AvgIpc) is 2.49. The Hall–Kier alpha value is -2.69. The zero-order valence-electron chi connectivity index (χ0n) is 12.0. The number of amides is 2. The Balaban J connectivity index is 2.15. The smallest absolute Gasteiger partial charge is 0.304 e. The van der Waals surface area contributed by atoms with Gasteiger partial charge in [0.15, 0.2) is 0 Å². The molecule has 0 unspecified atom stereocenters. The monoisotopic (exact) mass is 283 g/mol. The zero-order valence-corrected chi connectivity index (χ0v) is 12.0. The van der Waals surface area contributed by atoms with Crippen LogP contribution in [-0.2, 0) is 9.59 Å². The highest BCUT2D eigenvalue weighted by atomic mass is 16.2. The third kappa shape index (κ3) is 3.66. The molecular formula is C16H17N3O2. The third-order valence-electron chi connectivity index (χ3n) is 2.98. The van der Waals surface area contributed by atoms with Crippen LogP contribution in [0.25, 0.3) is 0 Å². The van der Waals surface area contributed by atoms with E-state index in [1.165, 1.54) is 4.90 Å². The molecule has 0 saturated carbocycles. The molecule has 5 heteroatoms. The lowest BCUT2D eigenvalue weighted by Crippen LogP contribution is -2.39. The second-order valence-corrected chi connectivity index (χ2v) is 4.56. The lowest BCUT2D eigenvalue weighted by Gasteiger charge is -2.20. The number of anilines is 2. The minimum Gasteiger partial charge on any atom is -0.304 e. The van der Waals surface area contributed by atoms with Gasteiger partial charge in [-0.2, -0.15) is 0 Å². The fraction of sp³-hybridized carbons (Fsp3) is 0.188. The molecule has 5 nitrogen and oxygen atoms in total. The van der Waals surface area contributed by atoms with Crippen LogP contribution in [0.3, 0.4) is 0 Å². The quantitative estimate of drug-likeness (QED) is 0.880. The van der Waals surface area contributed by atoms with Crippen molar-refractivity contribution in [3.63, 3.8) is 0 Å². The van der Waals surface area contributed by atoms with Gasteiger partial charge in [-0.05, 0) is 43.7 Å². The minimum absolute atomic E-state index is 0.358. The van der Waals surface area contributed by atoms with E-state index >= 15 is 0 Å². The van der Waals surface area contributed by atoms with E-state index in [9.17, 15) is 9.59 Å². The first-order valence-electron chi connectivity index (χ1n) is 6.72. The van der Waals surface area contributed by atoms with Crippen molar-refractivity contribution in [2.24, 2.45) is 0 Å². The number of nitrogens with zero attached hydrogens (tertiary/aromatic N) is 2. The number of benzene rings is 1. The number of hydrogen-bond acceptors (Lipinski definition) is 3. The van der Waals surface area contributed by atoms with Crippen molar-refractivity contribution in [3.8, 4) is 0 Å². The van der Waals surface area contributed by atoms with Gasteiger partial charge in [0.25, 0.3) is 0 Å². The molecule has 2 rings (SSSR count). The summed E-state index contributed by atoms with van der Waals surface area (Å²) < 4.78 is 0. The van der Waals surface area contributed by atoms with Crippen LogP contribution < -0.4 is 10.2 Å². The lowest BCUT2D eigenvalue weighted by molar-refractivity contribution is -0.134. The molecule has 1 N–H and O–H groups in total. The van der Waals surface area contributed by atoms with Gasteiger partial charge in [0.1, 0.15) is 5.82 Å². The number of carbonyl (C=O) groups excluding carboxylic acids is 2. The number of hydrogen-bond donors (Lipinski definition) is 1. The molecule has 0 fully saturated rings. The number of rotatable bonds is 3. The highest BCUT2D eigenvalue weighted by Crippen LogP contribution is 2.16. The molecule has 108 valence electrons. The van der Waals surface area contributed by atoms with Gasteiger partial charge in [-0.1, -0.05) is 18.2 Å². The van der Waals surface area contributed by atoms with Crippen LogP contribution in [-0.4, -0.2) is 23.3 Å². The van der Waals surface area contributed by atoms with Gasteiger partial charge in [0, 0.05) is 18.4 Å². The van der Waals surface area contributed by atoms with Crippen molar-refractivity contribution in [1.82, 2.24) is 4.98 Å². The molecule has 0 aliphatic rings. The van der Waals surface area contributed by atoms with E-state index in [-0.39, 0.29) is 0 Å². The Morgan fingerprint density at radius 2 is 2.00 bits per heavy atom. The number of pyridine rings is 1. The summed E-state index contributed by atoms with van der Waals surface area (Å²) in [6, 6.07) is 12.6. The zero-order chi connectivity index (χ0) is 15.2. The Bertz CT molecular complexity index is 641. The first-order chi connectivity index (χ1) is 10.1. The number of aryl methyl sites for hydroxylation is 1. The van der Waals surface area contributed by atoms with Crippen molar-refractivity contribution in [3.05, 3.63) is 54.2 Å². The van der Waals surface area contributed by atoms with Crippen LogP contribution in [0.15, 0.2) is 48.7 Å². The third-order valence-corrected chi connectivity index (χ3v) is 2.98. The van der Waals surface area contributed by atoms with Crippen molar-refractivity contribution in [2.45, 2.75) is 13.8 Å². The van der Waals surface area contributed by atoms with Crippen molar-refractivity contribution in [2.75, 3.05) is 16.8 Å². The summed E-state index contributed by atoms with van der Waals surface area (Å²) in [5.74, 6) is -0.943. The molecular weight excluding hydrogens is 266 g/mol. The highest BCUT2D eigenvalue weighted by Gasteiger charge is 2.22. The van der Waals surface area contributed by atoms with Crippen LogP contribution in [0.4, 0.5) is 11.5 Å². The molecule has 0 bridgehead atoms. The number of likely N-dealkylation sites (N-methyl/N-ethyl adjacent to an activating group) is 1. The summed E-state index contributed by atoms with van der Waals surface area (Å²) in [6.07, 6.45) is 1.55. The molecule has 0 spiro atoms. The first-order valence-corrected chi connectivity index (χ1v) is 6.72. The Morgan fingerprint density at radius 1 is 1.19 bits per heavy atom. The Labute approximate surface area is 123 Å². The number of carbonyl (C=O) groups is 2. The van der Waals surface area contributed by atoms with Crippen LogP contribution >= 0.6 is 0 Å². The molecule has 1 heterocycles. The van der Waals surface area contributed by atoms with Crippen LogP contribution in [0, 0.1) is 6.92 Å². The van der Waals surface area contributed by atoms with E-state index < -0.39 is 11.8 Å². The van der Waals surface area contributed by atoms with E-state index in [0.29, 0.717) is 18.1 Å². The topological polar surface area (TPSA) is 62.3 Å². The molecule has 2 aromatic rings. The maximum atomic E-state index is 12.3. The largest absolute Gasteiger partial charge is 0.316 e. The summed E-state index contributed by atoms with van der Waals surface area (Å²) in [5, 5.41) is 2.50. The average molecular weight is 283 g/mol. The molecule has 0 atom stereocenters. The van der Waals surface area contributed by atoms with Gasteiger partial charge in [-0.25, -0.2) is 4.98 Å². The van der Waals surface area contributed by atoms with Gasteiger partial charge in [-0.3, -0.25) is 9.59 Å². The van der Waals surface area contributed by atoms with Crippen LogP contribution in [0.5, 0.6) is 0 Å². The van der Waals surface area contributed by atoms with Gasteiger partial charge < -0.3 is 10.2 Å². The van der Waals surface area contributed by atoms with E-state index in [1.807, 2.05) is 38.1 Å². The molecule has 2 amide bonds. The van der Waals surface area contributed by atoms with Crippen LogP contribution in [0.1, 0.15) is 12.5 Å². The van der Waals surface area contributed by atoms with Crippen molar-refractivity contribution in [1.29, 1.82) is 0 Å². The molecule has 0 aliphatic heterocycles. The Kier molecular flexibility index (Phi) is 4.66. The van der Waals surface area contributed by atoms with E-state index in [2.05, 4.69) is 10.3 Å². The van der Waals surface area contributed by atoms with Crippen LogP contribution in [0.2, 0.25) is 0 Å². The normalized spacial score (nSPS) is 10.0. The van der Waals surface area contributed by atoms with Gasteiger partial charge >= 0.3 is 11.8 Å². The molecule has 21 heavy (non-hydrogen) atoms. The van der Waals surface area contributed by atoms with Crippen molar-refractivity contribution < 1.29 is 9.59 Å². The summed E-state index contributed by atoms with van der Waals surface area (Å²) in [7, 11) is 0. The summed E-state index contributed by atoms with van der Waals surface area (Å²) >= 11 is 0. The fourth-order valence-electron chi connectivity index (χ4n) is 1.97. The number of nitrogens with one attached hydrogen (secondary N) is 1. The van der Waals surface area contributed by atoms with Gasteiger partial charge in [0.2, 0.25) is 0 Å². The number of aromatic nitrogens is 1. The summed E-state index contributed by atoms with van der Waals surface area (Å²) in [5.41, 5.74) is 1.74. The predicted octanol–water partition coefficient (Wildman–Crippen LogP) is 2.38. The maximum Gasteiger partial charge on any atom is 0.316 e. The molecule has 0 aliphatic carbocycles. The second kappa shape index (κ2) is 6.65. The van der Waals surface area contributed by atoms with E-state index in [4.69, 9.17) is 0 Å². The summed E-state index contributed by atoms with van der Waals surface area (Å²) in [6.45, 7) is 4.18. The van der Waals surface area contributed by atoms with Gasteiger partial charge in [0.05, 0.1) is 0 Å². The molecule has 0 saturated heterocycles. The second-order valence-electron chi connectivity index (χ2n) is 4.56. The lowest BCUT2D eigenvalue weighted by atomic mass is 10.2. The van der Waals surface area contributed by atoms with E-state index in [0.717, 1.165) is 5.56 Å². The maximum absolute atomic E-state index is 12.3. The fourth-order valence-corrected chi connectivity index (χ4v) is 1.97. The Morgan fingerprint density at radius 3 is 2.62 bits per heavy atom. The summed E-state index contributed by atoms with van der Waals surface area (Å²) in [4.78, 5) is 29.7. The van der Waals surface area contributed by atoms with E-state index in [1.54, 1.807) is 24.4 Å². The first kappa shape index (κ1) is 14.7. The standard InChI is InChI=1S/C16H17N3O2/c1-3-19(13-8-6-7-12(2)11-13)16(21)15(20)18-14-9-4-5-10-17-14/h4-11H,3H2,1-2H3,(H,17,18,20). The molecule has 1 aromatic carbocycles. The van der Waals surface area contributed by atoms with Crippen molar-refractivity contribution >= 4 is 23.3 Å². The molecule has 1 aromatic heterocycles. The SMILES string of the molecule is CCN(C(=O)C(=O)Nc1ccccn1)c1cccc(C)c1. The molecule has 0 radical (unpaired) electrons. The minimum atomic E-state index is -0.697. The van der Waals surface area contributed by atoms with Gasteiger partial charge in [-0.15, -0.1) is 0 Å². The predicted molar refractivity (Wildman–Crippen MR) is 82.1 cm³/mol.